The number of aromatic nitrogens is 4. The number of hydrogen-bond acceptors (Lipinski definition) is 6. The fourth-order valence-electron chi connectivity index (χ4n) is 1.69. The topological polar surface area (TPSA) is 68.6 Å². The Labute approximate surface area is 123 Å². The molecule has 0 atom stereocenters. The van der Waals surface area contributed by atoms with Crippen LogP contribution in [0.25, 0.3) is 10.9 Å². The number of aldehydes is 1. The SMILES string of the molecule is O=Cc1c(Cl)ncnc1Sc1ncnc2ccccc12. The molecule has 0 fully saturated rings. The van der Waals surface area contributed by atoms with E-state index in [9.17, 15) is 4.79 Å². The van der Waals surface area contributed by atoms with Crippen LogP contribution in [0.4, 0.5) is 0 Å². The standard InChI is InChI=1S/C13H7ClN4OS/c14-11-9(5-19)13(18-7-16-11)20-12-8-3-1-2-4-10(8)15-6-17-12/h1-7H. The molecule has 7 heteroatoms. The molecule has 0 spiro atoms. The zero-order valence-corrected chi connectivity index (χ0v) is 11.6. The van der Waals surface area contributed by atoms with Gasteiger partial charge in [-0.3, -0.25) is 4.79 Å². The highest BCUT2D eigenvalue weighted by molar-refractivity contribution is 7.99. The molecule has 0 amide bonds. The van der Waals surface area contributed by atoms with Gasteiger partial charge in [-0.2, -0.15) is 0 Å². The van der Waals surface area contributed by atoms with Gasteiger partial charge >= 0.3 is 0 Å². The van der Waals surface area contributed by atoms with Gasteiger partial charge in [0.1, 0.15) is 27.9 Å². The largest absolute Gasteiger partial charge is 0.298 e. The molecule has 20 heavy (non-hydrogen) atoms. The summed E-state index contributed by atoms with van der Waals surface area (Å²) in [6, 6.07) is 7.63. The minimum absolute atomic E-state index is 0.135. The quantitative estimate of drug-likeness (QED) is 0.547. The maximum Gasteiger partial charge on any atom is 0.155 e. The molecule has 0 unspecified atom stereocenters. The molecule has 0 radical (unpaired) electrons. The summed E-state index contributed by atoms with van der Waals surface area (Å²) in [6.45, 7) is 0. The first kappa shape index (κ1) is 13.0. The van der Waals surface area contributed by atoms with E-state index in [0.29, 0.717) is 16.3 Å². The highest BCUT2D eigenvalue weighted by Gasteiger charge is 2.13. The molecule has 1 aromatic carbocycles. The average Bonchev–Trinajstić information content (AvgIpc) is 2.48. The predicted molar refractivity (Wildman–Crippen MR) is 76.1 cm³/mol. The van der Waals surface area contributed by atoms with E-state index >= 15 is 0 Å². The van der Waals surface area contributed by atoms with E-state index in [0.717, 1.165) is 10.9 Å². The summed E-state index contributed by atoms with van der Waals surface area (Å²) in [7, 11) is 0. The average molecular weight is 303 g/mol. The third kappa shape index (κ3) is 2.35. The van der Waals surface area contributed by atoms with Crippen molar-refractivity contribution in [3.63, 3.8) is 0 Å². The number of halogens is 1. The number of fused-ring (bicyclic) bond motifs is 1. The Balaban J connectivity index is 2.10. The van der Waals surface area contributed by atoms with Crippen LogP contribution in [0.1, 0.15) is 10.4 Å². The Bertz CT molecular complexity index is 791. The van der Waals surface area contributed by atoms with Gasteiger partial charge in [0.05, 0.1) is 11.1 Å². The number of carbonyl (C=O) groups is 1. The fraction of sp³-hybridized carbons (Fsp3) is 0. The zero-order chi connectivity index (χ0) is 13.9. The van der Waals surface area contributed by atoms with Gasteiger partial charge in [-0.1, -0.05) is 29.8 Å². The highest BCUT2D eigenvalue weighted by Crippen LogP contribution is 2.32. The lowest BCUT2D eigenvalue weighted by Crippen LogP contribution is -1.95. The van der Waals surface area contributed by atoms with Crippen LogP contribution in [-0.2, 0) is 0 Å². The molecule has 0 saturated heterocycles. The number of para-hydroxylation sites is 1. The molecular weight excluding hydrogens is 296 g/mol. The van der Waals surface area contributed by atoms with Gasteiger partial charge in [-0.15, -0.1) is 0 Å². The first-order chi connectivity index (χ1) is 9.79. The van der Waals surface area contributed by atoms with Crippen LogP contribution in [-0.4, -0.2) is 26.2 Å². The smallest absolute Gasteiger partial charge is 0.155 e. The molecule has 0 aliphatic rings. The molecule has 0 aliphatic carbocycles. The molecule has 2 heterocycles. The third-order valence-corrected chi connectivity index (χ3v) is 3.95. The zero-order valence-electron chi connectivity index (χ0n) is 10.0. The first-order valence-corrected chi connectivity index (χ1v) is 6.82. The molecule has 5 nitrogen and oxygen atoms in total. The summed E-state index contributed by atoms with van der Waals surface area (Å²) in [4.78, 5) is 27.4. The van der Waals surface area contributed by atoms with Gasteiger partial charge < -0.3 is 0 Å². The van der Waals surface area contributed by atoms with Crippen molar-refractivity contribution in [3.05, 3.63) is 47.6 Å². The highest BCUT2D eigenvalue weighted by atomic mass is 35.5. The van der Waals surface area contributed by atoms with Crippen LogP contribution in [0.3, 0.4) is 0 Å². The molecule has 98 valence electrons. The van der Waals surface area contributed by atoms with Gasteiger partial charge in [0, 0.05) is 5.39 Å². The third-order valence-electron chi connectivity index (χ3n) is 2.62. The predicted octanol–water partition coefficient (Wildman–Crippen LogP) is 3.04. The summed E-state index contributed by atoms with van der Waals surface area (Å²) in [5.74, 6) is 0. The van der Waals surface area contributed by atoms with Crippen molar-refractivity contribution in [1.82, 2.24) is 19.9 Å². The Morgan fingerprint density at radius 3 is 2.60 bits per heavy atom. The molecule has 0 aliphatic heterocycles. The number of rotatable bonds is 3. The number of hydrogen-bond donors (Lipinski definition) is 0. The van der Waals surface area contributed by atoms with E-state index in [2.05, 4.69) is 19.9 Å². The molecule has 0 N–H and O–H groups in total. The van der Waals surface area contributed by atoms with Gasteiger partial charge in [0.15, 0.2) is 6.29 Å². The van der Waals surface area contributed by atoms with Crippen molar-refractivity contribution >= 4 is 40.6 Å². The monoisotopic (exact) mass is 302 g/mol. The molecule has 3 rings (SSSR count). The molecular formula is C13H7ClN4OS. The minimum atomic E-state index is 0.135. The second-order valence-electron chi connectivity index (χ2n) is 3.80. The van der Waals surface area contributed by atoms with E-state index in [-0.39, 0.29) is 10.7 Å². The van der Waals surface area contributed by atoms with Crippen molar-refractivity contribution in [3.8, 4) is 0 Å². The van der Waals surface area contributed by atoms with Crippen molar-refractivity contribution < 1.29 is 4.79 Å². The minimum Gasteiger partial charge on any atom is -0.298 e. The van der Waals surface area contributed by atoms with E-state index in [1.54, 1.807) is 0 Å². The van der Waals surface area contributed by atoms with Crippen molar-refractivity contribution in [2.75, 3.05) is 0 Å². The number of carbonyl (C=O) groups excluding carboxylic acids is 1. The van der Waals surface area contributed by atoms with Gasteiger partial charge in [-0.25, -0.2) is 19.9 Å². The van der Waals surface area contributed by atoms with Crippen LogP contribution < -0.4 is 0 Å². The molecule has 3 aromatic rings. The second kappa shape index (κ2) is 5.52. The summed E-state index contributed by atoms with van der Waals surface area (Å²) >= 11 is 7.15. The maximum atomic E-state index is 11.1. The van der Waals surface area contributed by atoms with Crippen molar-refractivity contribution in [2.45, 2.75) is 10.1 Å². The lowest BCUT2D eigenvalue weighted by Gasteiger charge is -2.05. The lowest BCUT2D eigenvalue weighted by molar-refractivity contribution is 0.112. The van der Waals surface area contributed by atoms with E-state index in [1.165, 1.54) is 24.4 Å². The van der Waals surface area contributed by atoms with E-state index in [4.69, 9.17) is 11.6 Å². The summed E-state index contributed by atoms with van der Waals surface area (Å²) < 4.78 is 0. The number of benzene rings is 1. The molecule has 0 saturated carbocycles. The Morgan fingerprint density at radius 1 is 1.00 bits per heavy atom. The van der Waals surface area contributed by atoms with Gasteiger partial charge in [0.2, 0.25) is 0 Å². The van der Waals surface area contributed by atoms with Crippen LogP contribution in [0.15, 0.2) is 47.0 Å². The Kier molecular flexibility index (Phi) is 3.58. The van der Waals surface area contributed by atoms with Crippen molar-refractivity contribution in [2.24, 2.45) is 0 Å². The van der Waals surface area contributed by atoms with Crippen LogP contribution in [0.5, 0.6) is 0 Å². The fourth-order valence-corrected chi connectivity index (χ4v) is 2.85. The first-order valence-electron chi connectivity index (χ1n) is 5.63. The maximum absolute atomic E-state index is 11.1. The van der Waals surface area contributed by atoms with Crippen LogP contribution in [0, 0.1) is 0 Å². The Hall–Kier alpha value is -2.05. The van der Waals surface area contributed by atoms with E-state index in [1.807, 2.05) is 24.3 Å². The van der Waals surface area contributed by atoms with Gasteiger partial charge in [0.25, 0.3) is 0 Å². The van der Waals surface area contributed by atoms with Crippen LogP contribution >= 0.6 is 23.4 Å². The number of nitrogens with zero attached hydrogens (tertiary/aromatic N) is 4. The van der Waals surface area contributed by atoms with Crippen molar-refractivity contribution in [1.29, 1.82) is 0 Å². The van der Waals surface area contributed by atoms with Crippen LogP contribution in [0.2, 0.25) is 5.15 Å². The summed E-state index contributed by atoms with van der Waals surface area (Å²) in [6.07, 6.45) is 3.45. The second-order valence-corrected chi connectivity index (χ2v) is 5.13. The van der Waals surface area contributed by atoms with E-state index < -0.39 is 0 Å². The molecule has 0 bridgehead atoms. The summed E-state index contributed by atoms with van der Waals surface area (Å²) in [5.41, 5.74) is 1.10. The molecule has 2 aromatic heterocycles. The Morgan fingerprint density at radius 2 is 1.75 bits per heavy atom. The normalized spacial score (nSPS) is 10.7. The summed E-state index contributed by atoms with van der Waals surface area (Å²) in [5, 5.41) is 2.22. The van der Waals surface area contributed by atoms with Gasteiger partial charge in [-0.05, 0) is 17.8 Å². The lowest BCUT2D eigenvalue weighted by atomic mass is 10.2.